The summed E-state index contributed by atoms with van der Waals surface area (Å²) in [6, 6.07) is 5.67. The lowest BCUT2D eigenvalue weighted by molar-refractivity contribution is -0.114. The zero-order valence-electron chi connectivity index (χ0n) is 14.1. The first kappa shape index (κ1) is 17.2. The molecule has 2 N–H and O–H groups in total. The molecule has 23 heavy (non-hydrogen) atoms. The van der Waals surface area contributed by atoms with E-state index in [2.05, 4.69) is 40.8 Å². The maximum absolute atomic E-state index is 11.3. The number of nitrogens with one attached hydrogen (secondary N) is 2. The first-order valence-corrected chi connectivity index (χ1v) is 8.09. The van der Waals surface area contributed by atoms with Gasteiger partial charge >= 0.3 is 0 Å². The van der Waals surface area contributed by atoms with Gasteiger partial charge in [0.1, 0.15) is 11.6 Å². The van der Waals surface area contributed by atoms with Crippen molar-refractivity contribution >= 4 is 28.3 Å². The smallest absolute Gasteiger partial charge is 0.221 e. The normalized spacial score (nSPS) is 11.2. The third-order valence-corrected chi connectivity index (χ3v) is 3.79. The summed E-state index contributed by atoms with van der Waals surface area (Å²) in [6.07, 6.45) is 0. The van der Waals surface area contributed by atoms with E-state index >= 15 is 0 Å². The van der Waals surface area contributed by atoms with Crippen LogP contribution in [0, 0.1) is 0 Å². The monoisotopic (exact) mass is 334 g/mol. The average Bonchev–Trinajstić information content (AvgIpc) is 2.93. The third-order valence-electron chi connectivity index (χ3n) is 3.12. The summed E-state index contributed by atoms with van der Waals surface area (Å²) in [7, 11) is 1.58. The Morgan fingerprint density at radius 2 is 2.09 bits per heavy atom. The highest BCUT2D eigenvalue weighted by Gasteiger charge is 2.19. The van der Waals surface area contributed by atoms with Crippen LogP contribution in [0.5, 0.6) is 5.75 Å². The molecule has 124 valence electrons. The Labute approximate surface area is 140 Å². The molecule has 6 nitrogen and oxygen atoms in total. The van der Waals surface area contributed by atoms with E-state index in [4.69, 9.17) is 4.74 Å². The van der Waals surface area contributed by atoms with Crippen molar-refractivity contribution in [3.8, 4) is 5.75 Å². The number of carbonyl (C=O) groups excluding carboxylic acids is 1. The maximum atomic E-state index is 11.3. The lowest BCUT2D eigenvalue weighted by Gasteiger charge is -2.12. The van der Waals surface area contributed by atoms with Crippen LogP contribution in [0.1, 0.15) is 39.1 Å². The van der Waals surface area contributed by atoms with Crippen molar-refractivity contribution in [2.45, 2.75) is 39.7 Å². The fourth-order valence-electron chi connectivity index (χ4n) is 1.93. The molecule has 2 aromatic rings. The summed E-state index contributed by atoms with van der Waals surface area (Å²) < 4.78 is 9.62. The van der Waals surface area contributed by atoms with Crippen LogP contribution in [0.3, 0.4) is 0 Å². The van der Waals surface area contributed by atoms with Gasteiger partial charge in [0.2, 0.25) is 11.0 Å². The SMILES string of the molecule is COc1ccc(CNc2nc(C(C)(C)C)ns2)cc1NC(C)=O. The van der Waals surface area contributed by atoms with Gasteiger partial charge in [-0.1, -0.05) is 26.8 Å². The summed E-state index contributed by atoms with van der Waals surface area (Å²) in [6.45, 7) is 8.32. The van der Waals surface area contributed by atoms with Crippen molar-refractivity contribution in [2.75, 3.05) is 17.7 Å². The summed E-state index contributed by atoms with van der Waals surface area (Å²) in [5.74, 6) is 1.33. The van der Waals surface area contributed by atoms with Crippen molar-refractivity contribution in [1.82, 2.24) is 9.36 Å². The predicted octanol–water partition coefficient (Wildman–Crippen LogP) is 3.41. The number of benzene rings is 1. The Balaban J connectivity index is 2.08. The van der Waals surface area contributed by atoms with Crippen molar-refractivity contribution in [2.24, 2.45) is 0 Å². The average molecular weight is 334 g/mol. The molecule has 0 aliphatic rings. The van der Waals surface area contributed by atoms with Gasteiger partial charge in [0.15, 0.2) is 0 Å². The van der Waals surface area contributed by atoms with Crippen LogP contribution in [-0.2, 0) is 16.8 Å². The fraction of sp³-hybridized carbons (Fsp3) is 0.438. The molecular weight excluding hydrogens is 312 g/mol. The number of anilines is 2. The van der Waals surface area contributed by atoms with Gasteiger partial charge in [-0.15, -0.1) is 0 Å². The molecule has 0 atom stereocenters. The van der Waals surface area contributed by atoms with Gasteiger partial charge in [0, 0.05) is 30.4 Å². The Kier molecular flexibility index (Phi) is 5.20. The molecule has 1 amide bonds. The lowest BCUT2D eigenvalue weighted by atomic mass is 9.96. The molecule has 0 aliphatic heterocycles. The number of aromatic nitrogens is 2. The van der Waals surface area contributed by atoms with Gasteiger partial charge < -0.3 is 15.4 Å². The number of ether oxygens (including phenoxy) is 1. The Morgan fingerprint density at radius 1 is 1.35 bits per heavy atom. The molecule has 2 rings (SSSR count). The molecule has 0 radical (unpaired) electrons. The van der Waals surface area contributed by atoms with E-state index < -0.39 is 0 Å². The predicted molar refractivity (Wildman–Crippen MR) is 93.2 cm³/mol. The van der Waals surface area contributed by atoms with E-state index in [1.165, 1.54) is 18.5 Å². The molecule has 0 unspecified atom stereocenters. The second-order valence-electron chi connectivity index (χ2n) is 6.24. The topological polar surface area (TPSA) is 76.1 Å². The Morgan fingerprint density at radius 3 is 2.65 bits per heavy atom. The van der Waals surface area contributed by atoms with E-state index in [-0.39, 0.29) is 11.3 Å². The van der Waals surface area contributed by atoms with Crippen LogP contribution in [0.4, 0.5) is 10.8 Å². The highest BCUT2D eigenvalue weighted by molar-refractivity contribution is 7.09. The van der Waals surface area contributed by atoms with Crippen LogP contribution >= 0.6 is 11.5 Å². The maximum Gasteiger partial charge on any atom is 0.221 e. The van der Waals surface area contributed by atoms with E-state index in [1.807, 2.05) is 18.2 Å². The third kappa shape index (κ3) is 4.66. The van der Waals surface area contributed by atoms with Gasteiger partial charge in [-0.25, -0.2) is 4.98 Å². The minimum atomic E-state index is -0.132. The second-order valence-corrected chi connectivity index (χ2v) is 6.99. The van der Waals surface area contributed by atoms with Crippen molar-refractivity contribution in [3.05, 3.63) is 29.6 Å². The highest BCUT2D eigenvalue weighted by Crippen LogP contribution is 2.27. The lowest BCUT2D eigenvalue weighted by Crippen LogP contribution is -2.13. The fourth-order valence-corrected chi connectivity index (χ4v) is 2.68. The largest absolute Gasteiger partial charge is 0.495 e. The Bertz CT molecular complexity index is 692. The van der Waals surface area contributed by atoms with Crippen molar-refractivity contribution in [3.63, 3.8) is 0 Å². The number of carbonyl (C=O) groups is 1. The molecule has 1 heterocycles. The molecule has 1 aromatic carbocycles. The molecule has 0 saturated heterocycles. The van der Waals surface area contributed by atoms with E-state index in [1.54, 1.807) is 7.11 Å². The van der Waals surface area contributed by atoms with E-state index in [0.29, 0.717) is 18.0 Å². The molecule has 0 fully saturated rings. The molecule has 0 bridgehead atoms. The van der Waals surface area contributed by atoms with Crippen LogP contribution in [0.15, 0.2) is 18.2 Å². The number of rotatable bonds is 5. The first-order chi connectivity index (χ1) is 10.8. The molecular formula is C16H22N4O2S. The number of methoxy groups -OCH3 is 1. The molecule has 1 aromatic heterocycles. The number of hydrogen-bond donors (Lipinski definition) is 2. The van der Waals surface area contributed by atoms with Crippen LogP contribution in [0.25, 0.3) is 0 Å². The van der Waals surface area contributed by atoms with Crippen LogP contribution in [-0.4, -0.2) is 22.4 Å². The minimum absolute atomic E-state index is 0.0604. The number of hydrogen-bond acceptors (Lipinski definition) is 6. The second kappa shape index (κ2) is 6.95. The van der Waals surface area contributed by atoms with E-state index in [0.717, 1.165) is 16.5 Å². The highest BCUT2D eigenvalue weighted by atomic mass is 32.1. The van der Waals surface area contributed by atoms with Crippen molar-refractivity contribution in [1.29, 1.82) is 0 Å². The number of amides is 1. The summed E-state index contributed by atoms with van der Waals surface area (Å²) in [4.78, 5) is 15.8. The summed E-state index contributed by atoms with van der Waals surface area (Å²) in [5.41, 5.74) is 1.61. The molecule has 0 saturated carbocycles. The molecule has 7 heteroatoms. The molecule has 0 spiro atoms. The van der Waals surface area contributed by atoms with Gasteiger partial charge in [0.25, 0.3) is 0 Å². The summed E-state index contributed by atoms with van der Waals surface area (Å²) in [5, 5.41) is 6.82. The first-order valence-electron chi connectivity index (χ1n) is 7.32. The van der Waals surface area contributed by atoms with Gasteiger partial charge in [0.05, 0.1) is 12.8 Å². The zero-order chi connectivity index (χ0) is 17.0. The van der Waals surface area contributed by atoms with Gasteiger partial charge in [-0.05, 0) is 17.7 Å². The number of nitrogens with zero attached hydrogens (tertiary/aromatic N) is 2. The van der Waals surface area contributed by atoms with E-state index in [9.17, 15) is 4.79 Å². The van der Waals surface area contributed by atoms with Gasteiger partial charge in [-0.3, -0.25) is 4.79 Å². The Hall–Kier alpha value is -2.15. The quantitative estimate of drug-likeness (QED) is 0.876. The zero-order valence-corrected chi connectivity index (χ0v) is 14.9. The standard InChI is InChI=1S/C16H22N4O2S/c1-10(21)18-12-8-11(6-7-13(12)22-5)9-17-15-19-14(20-23-15)16(2,3)4/h6-8H,9H2,1-5H3,(H,18,21)(H,17,19,20). The minimum Gasteiger partial charge on any atom is -0.495 e. The van der Waals surface area contributed by atoms with Gasteiger partial charge in [-0.2, -0.15) is 4.37 Å². The molecule has 0 aliphatic carbocycles. The summed E-state index contributed by atoms with van der Waals surface area (Å²) >= 11 is 1.35. The van der Waals surface area contributed by atoms with Crippen LogP contribution in [0.2, 0.25) is 0 Å². The van der Waals surface area contributed by atoms with Crippen LogP contribution < -0.4 is 15.4 Å². The van der Waals surface area contributed by atoms with Crippen molar-refractivity contribution < 1.29 is 9.53 Å².